The molecule has 2 aromatic carbocycles. The van der Waals surface area contributed by atoms with Gasteiger partial charge < -0.3 is 9.88 Å². The summed E-state index contributed by atoms with van der Waals surface area (Å²) in [6, 6.07) is 17.2. The molecule has 0 bridgehead atoms. The average molecular weight is 474 g/mol. The molecule has 3 heterocycles. The Hall–Kier alpha value is -2.73. The Labute approximate surface area is 206 Å². The third kappa shape index (κ3) is 5.17. The summed E-state index contributed by atoms with van der Waals surface area (Å²) in [5.74, 6) is 0. The number of benzene rings is 2. The van der Waals surface area contributed by atoms with Crippen LogP contribution in [0.2, 0.25) is 5.02 Å². The van der Waals surface area contributed by atoms with Crippen molar-refractivity contribution < 1.29 is 0 Å². The first-order valence-corrected chi connectivity index (χ1v) is 12.6. The Balaban J connectivity index is 1.28. The number of aromatic nitrogens is 3. The lowest BCUT2D eigenvalue weighted by Gasteiger charge is -2.36. The van der Waals surface area contributed by atoms with E-state index in [1.54, 1.807) is 6.33 Å². The molecule has 5 nitrogen and oxygen atoms in total. The van der Waals surface area contributed by atoms with E-state index in [0.29, 0.717) is 11.1 Å². The first-order valence-electron chi connectivity index (χ1n) is 12.2. The molecule has 0 saturated carbocycles. The maximum atomic E-state index is 6.21. The molecule has 0 amide bonds. The highest BCUT2D eigenvalue weighted by molar-refractivity contribution is 6.30. The Morgan fingerprint density at radius 1 is 0.971 bits per heavy atom. The van der Waals surface area contributed by atoms with Crippen LogP contribution in [0.3, 0.4) is 0 Å². The van der Waals surface area contributed by atoms with Gasteiger partial charge in [-0.15, -0.1) is 0 Å². The first kappa shape index (κ1) is 23.0. The minimum Gasteiger partial charge on any atom is -0.344 e. The molecular formula is C28H32ClN5. The van der Waals surface area contributed by atoms with Gasteiger partial charge in [-0.2, -0.15) is 0 Å². The molecule has 4 aromatic rings. The van der Waals surface area contributed by atoms with E-state index in [1.165, 1.54) is 31.7 Å². The summed E-state index contributed by atoms with van der Waals surface area (Å²) >= 11 is 6.21. The fraction of sp³-hybridized carbons (Fsp3) is 0.357. The molecule has 2 aromatic heterocycles. The van der Waals surface area contributed by atoms with Gasteiger partial charge in [-0.1, -0.05) is 29.8 Å². The summed E-state index contributed by atoms with van der Waals surface area (Å²) in [4.78, 5) is 17.8. The number of aromatic amines is 1. The zero-order valence-corrected chi connectivity index (χ0v) is 20.7. The number of hydrogen-bond donors (Lipinski definition) is 1. The highest BCUT2D eigenvalue weighted by atomic mass is 35.5. The minimum atomic E-state index is 0.652. The second-order valence-electron chi connectivity index (χ2n) is 9.46. The summed E-state index contributed by atoms with van der Waals surface area (Å²) in [5.41, 5.74) is 6.32. The third-order valence-electron chi connectivity index (χ3n) is 6.84. The van der Waals surface area contributed by atoms with Crippen molar-refractivity contribution in [3.63, 3.8) is 0 Å². The molecule has 176 valence electrons. The van der Waals surface area contributed by atoms with Gasteiger partial charge in [0.2, 0.25) is 0 Å². The number of H-pyrrole nitrogens is 1. The molecule has 1 saturated heterocycles. The number of aryl methyl sites for hydroxylation is 1. The van der Waals surface area contributed by atoms with E-state index in [2.05, 4.69) is 57.9 Å². The topological polar surface area (TPSA) is 48.0 Å². The highest BCUT2D eigenvalue weighted by Gasteiger charge is 2.18. The zero-order valence-electron chi connectivity index (χ0n) is 20.0. The van der Waals surface area contributed by atoms with Crippen molar-refractivity contribution in [1.82, 2.24) is 24.8 Å². The number of halogens is 1. The lowest BCUT2D eigenvalue weighted by Crippen LogP contribution is -2.48. The number of hydrogen-bond acceptors (Lipinski definition) is 4. The number of pyridine rings is 1. The van der Waals surface area contributed by atoms with E-state index in [1.807, 2.05) is 30.5 Å². The van der Waals surface area contributed by atoms with E-state index < -0.39 is 0 Å². The second-order valence-corrected chi connectivity index (χ2v) is 9.90. The fourth-order valence-electron chi connectivity index (χ4n) is 4.85. The van der Waals surface area contributed by atoms with E-state index >= 15 is 0 Å². The predicted octanol–water partition coefficient (Wildman–Crippen LogP) is 5.90. The number of piperazine rings is 1. The van der Waals surface area contributed by atoms with Crippen molar-refractivity contribution in [2.75, 3.05) is 32.7 Å². The van der Waals surface area contributed by atoms with Gasteiger partial charge in [0.25, 0.3) is 0 Å². The van der Waals surface area contributed by atoms with Crippen molar-refractivity contribution in [3.8, 4) is 22.5 Å². The third-order valence-corrected chi connectivity index (χ3v) is 7.08. The van der Waals surface area contributed by atoms with E-state index in [0.717, 1.165) is 52.8 Å². The quantitative estimate of drug-likeness (QED) is 0.363. The Morgan fingerprint density at radius 2 is 1.82 bits per heavy atom. The highest BCUT2D eigenvalue weighted by Crippen LogP contribution is 2.32. The summed E-state index contributed by atoms with van der Waals surface area (Å²) in [6.45, 7) is 10.5. The van der Waals surface area contributed by atoms with E-state index in [-0.39, 0.29) is 0 Å². The van der Waals surface area contributed by atoms with Crippen molar-refractivity contribution >= 4 is 22.5 Å². The lowest BCUT2D eigenvalue weighted by atomic mass is 10.0. The standard InChI is InChI=1S/C28H32ClN5/c1-20(2)34-13-11-33(12-14-34)10-4-5-21-15-24-16-23(8-9-26(24)30-18-21)28-27(31-19-32-28)22-6-3-7-25(29)17-22/h3,6-9,15-20H,4-5,10-14H2,1-2H3,(H,31,32). The monoisotopic (exact) mass is 473 g/mol. The molecule has 1 aliphatic rings. The number of rotatable bonds is 7. The summed E-state index contributed by atoms with van der Waals surface area (Å²) in [7, 11) is 0. The van der Waals surface area contributed by atoms with E-state index in [9.17, 15) is 0 Å². The second kappa shape index (κ2) is 10.3. The largest absolute Gasteiger partial charge is 0.344 e. The predicted molar refractivity (Wildman–Crippen MR) is 141 cm³/mol. The molecule has 1 fully saturated rings. The normalized spacial score (nSPS) is 15.4. The smallest absolute Gasteiger partial charge is 0.0961 e. The Bertz CT molecular complexity index is 1260. The van der Waals surface area contributed by atoms with Crippen molar-refractivity contribution in [2.45, 2.75) is 32.7 Å². The van der Waals surface area contributed by atoms with Crippen LogP contribution in [0.5, 0.6) is 0 Å². The van der Waals surface area contributed by atoms with Gasteiger partial charge in [-0.05, 0) is 69.1 Å². The molecule has 6 heteroatoms. The number of nitrogens with one attached hydrogen (secondary N) is 1. The number of nitrogens with zero attached hydrogens (tertiary/aromatic N) is 4. The van der Waals surface area contributed by atoms with Crippen LogP contribution in [0, 0.1) is 0 Å². The van der Waals surface area contributed by atoms with Crippen LogP contribution in [0.4, 0.5) is 0 Å². The molecule has 0 spiro atoms. The minimum absolute atomic E-state index is 0.652. The lowest BCUT2D eigenvalue weighted by molar-refractivity contribution is 0.108. The molecule has 0 unspecified atom stereocenters. The molecule has 34 heavy (non-hydrogen) atoms. The van der Waals surface area contributed by atoms with Gasteiger partial charge in [0.15, 0.2) is 0 Å². The summed E-state index contributed by atoms with van der Waals surface area (Å²) in [5, 5.41) is 1.87. The summed E-state index contributed by atoms with van der Waals surface area (Å²) in [6.07, 6.45) is 5.99. The molecule has 0 aliphatic carbocycles. The Morgan fingerprint density at radius 3 is 2.62 bits per heavy atom. The van der Waals surface area contributed by atoms with Gasteiger partial charge in [0.1, 0.15) is 0 Å². The van der Waals surface area contributed by atoms with Crippen molar-refractivity contribution in [2.24, 2.45) is 0 Å². The molecule has 0 radical (unpaired) electrons. The van der Waals surface area contributed by atoms with Crippen LogP contribution in [0.1, 0.15) is 25.8 Å². The van der Waals surface area contributed by atoms with Crippen molar-refractivity contribution in [3.05, 3.63) is 71.6 Å². The van der Waals surface area contributed by atoms with Crippen LogP contribution in [0.15, 0.2) is 61.1 Å². The first-order chi connectivity index (χ1) is 16.6. The van der Waals surface area contributed by atoms with Crippen LogP contribution < -0.4 is 0 Å². The van der Waals surface area contributed by atoms with Gasteiger partial charge >= 0.3 is 0 Å². The van der Waals surface area contributed by atoms with Crippen LogP contribution in [-0.4, -0.2) is 63.5 Å². The molecule has 1 N–H and O–H groups in total. The van der Waals surface area contributed by atoms with Crippen molar-refractivity contribution in [1.29, 1.82) is 0 Å². The fourth-order valence-corrected chi connectivity index (χ4v) is 5.04. The van der Waals surface area contributed by atoms with Gasteiger partial charge in [-0.25, -0.2) is 4.98 Å². The van der Waals surface area contributed by atoms with Gasteiger partial charge in [0.05, 0.1) is 23.2 Å². The molecule has 5 rings (SSSR count). The summed E-state index contributed by atoms with van der Waals surface area (Å²) < 4.78 is 0. The number of fused-ring (bicyclic) bond motifs is 1. The molecular weight excluding hydrogens is 442 g/mol. The van der Waals surface area contributed by atoms with Crippen LogP contribution >= 0.6 is 11.6 Å². The average Bonchev–Trinajstić information content (AvgIpc) is 3.34. The van der Waals surface area contributed by atoms with Crippen LogP contribution in [0.25, 0.3) is 33.4 Å². The SMILES string of the molecule is CC(C)N1CCN(CCCc2cnc3ccc(-c4[nH]cnc4-c4cccc(Cl)c4)cc3c2)CC1. The zero-order chi connectivity index (χ0) is 23.5. The van der Waals surface area contributed by atoms with Crippen LogP contribution in [-0.2, 0) is 6.42 Å². The maximum Gasteiger partial charge on any atom is 0.0961 e. The number of imidazole rings is 1. The van der Waals surface area contributed by atoms with E-state index in [4.69, 9.17) is 16.6 Å². The van der Waals surface area contributed by atoms with Gasteiger partial charge in [0, 0.05) is 60.0 Å². The maximum absolute atomic E-state index is 6.21. The molecule has 1 aliphatic heterocycles. The van der Waals surface area contributed by atoms with Gasteiger partial charge in [-0.3, -0.25) is 9.88 Å². The Kier molecular flexibility index (Phi) is 6.95. The molecule has 0 atom stereocenters.